The molecule has 4 amide bonds. The standard InChI is InChI=1S/C38H45F3N6O6S2/c1-7-9-10-11-16-46(6)33(48)28-17-25(20-47(28)35(50)44-37(19-24(37)8-2)34(49)45-55(51,52)36(5)14-15-36)53-29-18-27(32-43-30(21-54-32)38(39,40)41)42-31-23(4)22(3)12-13-26(29)31/h7-8,12-13,18,21,24-25,28H,1-2,9-11,14-17,19-20H2,3-6H3,(H,44,50)(H,45,49)/t24-,25+,28+,37-/m1/s1. The van der Waals surface area contributed by atoms with Crippen molar-refractivity contribution in [3.8, 4) is 16.5 Å². The van der Waals surface area contributed by atoms with Crippen LogP contribution in [0.2, 0.25) is 0 Å². The summed E-state index contributed by atoms with van der Waals surface area (Å²) >= 11 is 0.801. The lowest BCUT2D eigenvalue weighted by atomic mass is 10.0. The number of rotatable bonds is 14. The number of nitrogens with zero attached hydrogens (tertiary/aromatic N) is 4. The van der Waals surface area contributed by atoms with Crippen LogP contribution in [0.5, 0.6) is 5.75 Å². The van der Waals surface area contributed by atoms with Crippen LogP contribution < -0.4 is 14.8 Å². The van der Waals surface area contributed by atoms with Gasteiger partial charge in [-0.25, -0.2) is 23.2 Å². The van der Waals surface area contributed by atoms with Gasteiger partial charge in [0.05, 0.1) is 16.8 Å². The van der Waals surface area contributed by atoms with Crippen molar-refractivity contribution in [2.75, 3.05) is 20.1 Å². The molecule has 1 aliphatic heterocycles. The Morgan fingerprint density at radius 2 is 1.89 bits per heavy atom. The number of allylic oxidation sites excluding steroid dienone is 1. The van der Waals surface area contributed by atoms with Gasteiger partial charge >= 0.3 is 12.2 Å². The number of amides is 4. The number of alkyl halides is 3. The number of pyridine rings is 1. The molecule has 17 heteroatoms. The first kappa shape index (κ1) is 40.2. The van der Waals surface area contributed by atoms with Gasteiger partial charge in [-0.2, -0.15) is 13.2 Å². The number of benzene rings is 1. The molecule has 3 heterocycles. The van der Waals surface area contributed by atoms with Gasteiger partial charge in [0.15, 0.2) is 5.69 Å². The van der Waals surface area contributed by atoms with Crippen molar-refractivity contribution < 1.29 is 40.7 Å². The fourth-order valence-corrected chi connectivity index (χ4v) is 8.93. The number of fused-ring (bicyclic) bond motifs is 1. The molecule has 3 aromatic rings. The first-order valence-corrected chi connectivity index (χ1v) is 20.4. The number of hydrogen-bond acceptors (Lipinski definition) is 9. The summed E-state index contributed by atoms with van der Waals surface area (Å²) in [4.78, 5) is 53.1. The number of thiazole rings is 1. The number of nitrogens with one attached hydrogen (secondary N) is 2. The van der Waals surface area contributed by atoms with E-state index in [2.05, 4.69) is 33.2 Å². The van der Waals surface area contributed by atoms with Crippen molar-refractivity contribution in [2.24, 2.45) is 5.92 Å². The topological polar surface area (TPSA) is 151 Å². The van der Waals surface area contributed by atoms with Crippen LogP contribution in [-0.4, -0.2) is 88.6 Å². The fraction of sp³-hybridized carbons (Fsp3) is 0.500. The molecule has 6 rings (SSSR count). The van der Waals surface area contributed by atoms with Gasteiger partial charge in [0.1, 0.15) is 34.1 Å². The number of urea groups is 1. The predicted octanol–water partition coefficient (Wildman–Crippen LogP) is 6.28. The summed E-state index contributed by atoms with van der Waals surface area (Å²) in [5.74, 6) is -1.49. The number of aromatic nitrogens is 2. The van der Waals surface area contributed by atoms with Crippen molar-refractivity contribution in [3.05, 3.63) is 65.7 Å². The molecule has 2 saturated carbocycles. The number of ether oxygens (including phenoxy) is 1. The summed E-state index contributed by atoms with van der Waals surface area (Å²) in [6, 6.07) is 3.41. The van der Waals surface area contributed by atoms with Crippen LogP contribution in [0.1, 0.15) is 68.7 Å². The van der Waals surface area contributed by atoms with Gasteiger partial charge in [0.2, 0.25) is 15.9 Å². The summed E-state index contributed by atoms with van der Waals surface area (Å²) in [5.41, 5.74) is -0.261. The average Bonchev–Trinajstić information content (AvgIpc) is 3.91. The number of carbonyl (C=O) groups excluding carboxylic acids is 3. The molecule has 4 atom stereocenters. The van der Waals surface area contributed by atoms with Crippen LogP contribution in [0.4, 0.5) is 18.0 Å². The molecule has 3 aliphatic rings. The quantitative estimate of drug-likeness (QED) is 0.143. The minimum Gasteiger partial charge on any atom is -0.488 e. The number of carbonyl (C=O) groups is 3. The zero-order valence-corrected chi connectivity index (χ0v) is 32.8. The molecule has 12 nitrogen and oxygen atoms in total. The Morgan fingerprint density at radius 1 is 1.16 bits per heavy atom. The van der Waals surface area contributed by atoms with E-state index in [0.717, 1.165) is 40.7 Å². The average molecular weight is 803 g/mol. The van der Waals surface area contributed by atoms with Crippen molar-refractivity contribution in [3.63, 3.8) is 0 Å². The van der Waals surface area contributed by atoms with E-state index >= 15 is 0 Å². The lowest BCUT2D eigenvalue weighted by molar-refractivity contribution is -0.140. The second-order valence-electron chi connectivity index (χ2n) is 15.0. The molecule has 0 unspecified atom stereocenters. The number of sulfonamides is 1. The van der Waals surface area contributed by atoms with Gasteiger partial charge in [-0.15, -0.1) is 24.5 Å². The van der Waals surface area contributed by atoms with Crippen LogP contribution in [0.3, 0.4) is 0 Å². The van der Waals surface area contributed by atoms with Crippen molar-refractivity contribution in [1.82, 2.24) is 29.8 Å². The molecule has 1 aromatic carbocycles. The Hall–Kier alpha value is -4.51. The van der Waals surface area contributed by atoms with E-state index < -0.39 is 62.2 Å². The van der Waals surface area contributed by atoms with Gasteiger partial charge < -0.3 is 19.9 Å². The number of halogens is 3. The molecule has 2 N–H and O–H groups in total. The second kappa shape index (κ2) is 14.9. The molecule has 0 spiro atoms. The maximum atomic E-state index is 14.2. The minimum absolute atomic E-state index is 0.0426. The largest absolute Gasteiger partial charge is 0.488 e. The molecular weight excluding hydrogens is 758 g/mol. The molecule has 0 radical (unpaired) electrons. The predicted molar refractivity (Wildman–Crippen MR) is 203 cm³/mol. The molecule has 55 heavy (non-hydrogen) atoms. The number of hydrogen-bond donors (Lipinski definition) is 2. The van der Waals surface area contributed by atoms with Gasteiger partial charge in [0, 0.05) is 42.8 Å². The maximum absolute atomic E-state index is 14.2. The van der Waals surface area contributed by atoms with E-state index in [1.165, 1.54) is 21.9 Å². The van der Waals surface area contributed by atoms with Gasteiger partial charge in [-0.1, -0.05) is 18.2 Å². The first-order valence-electron chi connectivity index (χ1n) is 18.1. The maximum Gasteiger partial charge on any atom is 0.434 e. The van der Waals surface area contributed by atoms with E-state index in [1.807, 2.05) is 19.9 Å². The van der Waals surface area contributed by atoms with Crippen molar-refractivity contribution >= 4 is 50.1 Å². The zero-order valence-electron chi connectivity index (χ0n) is 31.2. The zero-order chi connectivity index (χ0) is 40.1. The first-order chi connectivity index (χ1) is 25.8. The molecule has 1 saturated heterocycles. The Bertz CT molecular complexity index is 2150. The Kier molecular flexibility index (Phi) is 10.9. The third-order valence-corrected chi connectivity index (χ3v) is 14.0. The van der Waals surface area contributed by atoms with E-state index in [0.29, 0.717) is 36.7 Å². The highest BCUT2D eigenvalue weighted by atomic mass is 32.2. The van der Waals surface area contributed by atoms with Gasteiger partial charge in [-0.3, -0.25) is 14.3 Å². The van der Waals surface area contributed by atoms with Crippen molar-refractivity contribution in [1.29, 1.82) is 0 Å². The third-order valence-electron chi connectivity index (χ3n) is 11.0. The molecule has 2 aliphatic carbocycles. The number of likely N-dealkylation sites (N-methyl/N-ethyl adjacent to an activating group) is 1. The van der Waals surface area contributed by atoms with E-state index in [9.17, 15) is 36.0 Å². The summed E-state index contributed by atoms with van der Waals surface area (Å²) < 4.78 is 74.1. The summed E-state index contributed by atoms with van der Waals surface area (Å²) in [6.45, 7) is 13.1. The van der Waals surface area contributed by atoms with Crippen LogP contribution in [0.15, 0.2) is 48.9 Å². The Labute approximate surface area is 322 Å². The molecule has 2 aromatic heterocycles. The Morgan fingerprint density at radius 3 is 2.51 bits per heavy atom. The highest BCUT2D eigenvalue weighted by molar-refractivity contribution is 7.91. The van der Waals surface area contributed by atoms with Crippen LogP contribution in [0.25, 0.3) is 21.6 Å². The summed E-state index contributed by atoms with van der Waals surface area (Å²) in [6.07, 6.45) is 1.14. The summed E-state index contributed by atoms with van der Waals surface area (Å²) in [5, 5.41) is 4.30. The lowest BCUT2D eigenvalue weighted by Gasteiger charge is -2.29. The highest BCUT2D eigenvalue weighted by Gasteiger charge is 2.63. The van der Waals surface area contributed by atoms with Gasteiger partial charge in [-0.05, 0) is 76.5 Å². The lowest BCUT2D eigenvalue weighted by Crippen LogP contribution is -2.58. The SMILES string of the molecule is C=CCCCCN(C)C(=O)[C@@H]1C[C@H](Oc2cc(-c3nc(C(F)(F)F)cs3)nc3c(C)c(C)ccc23)CN1C(=O)N[C@]1(C(=O)NS(=O)(=O)C2(C)CC2)C[C@H]1C=C. The minimum atomic E-state index is -4.64. The third kappa shape index (κ3) is 7.95. The van der Waals surface area contributed by atoms with E-state index in [1.54, 1.807) is 26.1 Å². The fourth-order valence-electron chi connectivity index (χ4n) is 6.83. The molecule has 0 bridgehead atoms. The molecule has 3 fully saturated rings. The smallest absolute Gasteiger partial charge is 0.434 e. The number of likely N-dealkylation sites (tertiary alicyclic amines) is 1. The van der Waals surface area contributed by atoms with Crippen LogP contribution in [0, 0.1) is 19.8 Å². The monoisotopic (exact) mass is 802 g/mol. The Balaban J connectivity index is 1.30. The summed E-state index contributed by atoms with van der Waals surface area (Å²) in [7, 11) is -2.37. The van der Waals surface area contributed by atoms with Crippen molar-refractivity contribution in [2.45, 2.75) is 94.3 Å². The number of aryl methyl sites for hydroxylation is 2. The van der Waals surface area contributed by atoms with Crippen LogP contribution >= 0.6 is 11.3 Å². The molecular formula is C38H45F3N6O6S2. The normalized spacial score (nSPS) is 22.9. The van der Waals surface area contributed by atoms with Gasteiger partial charge in [0.25, 0.3) is 5.91 Å². The van der Waals surface area contributed by atoms with Crippen LogP contribution in [-0.2, 0) is 25.8 Å². The van der Waals surface area contributed by atoms with E-state index in [4.69, 9.17) is 4.74 Å². The molecule has 296 valence electrons. The number of unbranched alkanes of at least 4 members (excludes halogenated alkanes) is 2. The van der Waals surface area contributed by atoms with E-state index in [-0.39, 0.29) is 41.7 Å². The second-order valence-corrected chi connectivity index (χ2v) is 18.0. The highest BCUT2D eigenvalue weighted by Crippen LogP contribution is 2.47.